The highest BCUT2D eigenvalue weighted by atomic mass is 35.5. The molecule has 1 aromatic heterocycles. The molecule has 0 unspecified atom stereocenters. The average molecular weight is 401 g/mol. The zero-order valence-electron chi connectivity index (χ0n) is 14.6. The van der Waals surface area contributed by atoms with E-state index in [4.69, 9.17) is 16.3 Å². The van der Waals surface area contributed by atoms with Gasteiger partial charge in [0, 0.05) is 10.4 Å². The lowest BCUT2D eigenvalue weighted by atomic mass is 10.1. The molecule has 0 bridgehead atoms. The van der Waals surface area contributed by atoms with Crippen molar-refractivity contribution in [3.05, 3.63) is 70.7 Å². The molecule has 3 aromatic rings. The Bertz CT molecular complexity index is 1010. The molecule has 1 atom stereocenters. The highest BCUT2D eigenvalue weighted by Gasteiger charge is 2.22. The molecule has 3 rings (SSSR count). The van der Waals surface area contributed by atoms with Crippen molar-refractivity contribution in [1.82, 2.24) is 4.98 Å². The van der Waals surface area contributed by atoms with E-state index in [1.165, 1.54) is 6.07 Å². The first-order chi connectivity index (χ1) is 13.4. The van der Waals surface area contributed by atoms with Gasteiger partial charge >= 0.3 is 11.9 Å². The van der Waals surface area contributed by atoms with Crippen LogP contribution in [-0.4, -0.2) is 39.8 Å². The molecule has 8 heteroatoms. The lowest BCUT2D eigenvalue weighted by Crippen LogP contribution is -2.35. The van der Waals surface area contributed by atoms with Crippen LogP contribution in [0.1, 0.15) is 15.9 Å². The van der Waals surface area contributed by atoms with Crippen molar-refractivity contribution in [1.29, 1.82) is 0 Å². The number of aromatic nitrogens is 1. The lowest BCUT2D eigenvalue weighted by molar-refractivity contribution is -0.139. The molecule has 0 radical (unpaired) electrons. The van der Waals surface area contributed by atoms with Gasteiger partial charge in [-0.05, 0) is 29.8 Å². The van der Waals surface area contributed by atoms with Gasteiger partial charge in [-0.2, -0.15) is 0 Å². The topological polar surface area (TPSA) is 109 Å². The van der Waals surface area contributed by atoms with Crippen LogP contribution in [-0.2, 0) is 16.1 Å². The van der Waals surface area contributed by atoms with Gasteiger partial charge in [0.05, 0.1) is 18.7 Å². The molecule has 7 nitrogen and oxygen atoms in total. The second-order valence-electron chi connectivity index (χ2n) is 6.06. The molecule has 0 aliphatic rings. The van der Waals surface area contributed by atoms with Gasteiger partial charge in [0.15, 0.2) is 0 Å². The van der Waals surface area contributed by atoms with Crippen LogP contribution in [0.5, 0.6) is 0 Å². The van der Waals surface area contributed by atoms with Crippen LogP contribution >= 0.6 is 11.6 Å². The number of pyridine rings is 1. The van der Waals surface area contributed by atoms with Crippen molar-refractivity contribution >= 4 is 40.3 Å². The lowest BCUT2D eigenvalue weighted by Gasteiger charge is -2.17. The van der Waals surface area contributed by atoms with Crippen molar-refractivity contribution in [3.8, 4) is 0 Å². The number of anilines is 1. The Morgan fingerprint density at radius 2 is 1.86 bits per heavy atom. The van der Waals surface area contributed by atoms with E-state index in [0.717, 1.165) is 5.56 Å². The first-order valence-electron chi connectivity index (χ1n) is 8.38. The van der Waals surface area contributed by atoms with Gasteiger partial charge in [-0.1, -0.05) is 41.9 Å². The first-order valence-corrected chi connectivity index (χ1v) is 8.76. The molecule has 0 saturated heterocycles. The van der Waals surface area contributed by atoms with Gasteiger partial charge in [0.2, 0.25) is 0 Å². The summed E-state index contributed by atoms with van der Waals surface area (Å²) in [6.07, 6.45) is 0. The number of aromatic carboxylic acids is 1. The second kappa shape index (κ2) is 8.69. The highest BCUT2D eigenvalue weighted by molar-refractivity contribution is 6.31. The summed E-state index contributed by atoms with van der Waals surface area (Å²) in [6, 6.07) is 14.4. The van der Waals surface area contributed by atoms with Crippen LogP contribution in [0.15, 0.2) is 54.6 Å². The third kappa shape index (κ3) is 4.76. The van der Waals surface area contributed by atoms with Crippen LogP contribution in [0, 0.1) is 0 Å². The maximum absolute atomic E-state index is 11.6. The van der Waals surface area contributed by atoms with Gasteiger partial charge in [0.1, 0.15) is 17.4 Å². The first kappa shape index (κ1) is 19.6. The molecule has 0 fully saturated rings. The number of halogens is 1. The molecular weight excluding hydrogens is 384 g/mol. The molecule has 3 N–H and O–H groups in total. The predicted molar refractivity (Wildman–Crippen MR) is 105 cm³/mol. The minimum absolute atomic E-state index is 0.0435. The summed E-state index contributed by atoms with van der Waals surface area (Å²) >= 11 is 5.94. The van der Waals surface area contributed by atoms with Crippen molar-refractivity contribution < 1.29 is 24.5 Å². The molecule has 144 valence electrons. The summed E-state index contributed by atoms with van der Waals surface area (Å²) in [7, 11) is 0. The summed E-state index contributed by atoms with van der Waals surface area (Å²) in [6.45, 7) is 0.0748. The van der Waals surface area contributed by atoms with Crippen LogP contribution in [0.25, 0.3) is 10.9 Å². The third-order valence-electron chi connectivity index (χ3n) is 4.01. The molecule has 1 heterocycles. The van der Waals surface area contributed by atoms with Gasteiger partial charge < -0.3 is 20.3 Å². The molecule has 2 aromatic carbocycles. The number of nitrogens with one attached hydrogen (secondary N) is 1. The van der Waals surface area contributed by atoms with Gasteiger partial charge in [-0.15, -0.1) is 0 Å². The average Bonchev–Trinajstić information content (AvgIpc) is 2.67. The zero-order valence-corrected chi connectivity index (χ0v) is 15.4. The summed E-state index contributed by atoms with van der Waals surface area (Å²) < 4.78 is 5.48. The van der Waals surface area contributed by atoms with E-state index >= 15 is 0 Å². The van der Waals surface area contributed by atoms with Crippen molar-refractivity contribution in [2.24, 2.45) is 0 Å². The number of hydrogen-bond acceptors (Lipinski definition) is 5. The number of carbonyl (C=O) groups is 2. The summed E-state index contributed by atoms with van der Waals surface area (Å²) in [5.41, 5.74) is 1.24. The summed E-state index contributed by atoms with van der Waals surface area (Å²) in [5, 5.41) is 22.6. The van der Waals surface area contributed by atoms with E-state index in [2.05, 4.69) is 10.3 Å². The number of ether oxygens (including phenoxy) is 1. The zero-order chi connectivity index (χ0) is 20.1. The van der Waals surface area contributed by atoms with Gasteiger partial charge in [0.25, 0.3) is 0 Å². The monoisotopic (exact) mass is 400 g/mol. The number of nitrogens with zero attached hydrogens (tertiary/aromatic N) is 1. The second-order valence-corrected chi connectivity index (χ2v) is 6.50. The smallest absolute Gasteiger partial charge is 0.339 e. The fraction of sp³-hybridized carbons (Fsp3) is 0.150. The quantitative estimate of drug-likeness (QED) is 0.529. The van der Waals surface area contributed by atoms with E-state index in [1.807, 2.05) is 30.3 Å². The molecular formula is C20H17ClN2O5. The number of carboxylic acid groups (broad SMARTS) is 2. The van der Waals surface area contributed by atoms with Crippen LogP contribution in [0.3, 0.4) is 0 Å². The van der Waals surface area contributed by atoms with Crippen molar-refractivity contribution in [2.75, 3.05) is 11.9 Å². The summed E-state index contributed by atoms with van der Waals surface area (Å²) in [4.78, 5) is 27.5. The Kier molecular flexibility index (Phi) is 6.08. The molecule has 0 spiro atoms. The fourth-order valence-corrected chi connectivity index (χ4v) is 2.81. The fourth-order valence-electron chi connectivity index (χ4n) is 2.63. The number of aliphatic carboxylic acids is 1. The van der Waals surface area contributed by atoms with Crippen molar-refractivity contribution in [3.63, 3.8) is 0 Å². The summed E-state index contributed by atoms with van der Waals surface area (Å²) in [5.74, 6) is -2.45. The number of benzene rings is 2. The Labute approximate surface area is 165 Å². The van der Waals surface area contributed by atoms with E-state index in [0.29, 0.717) is 15.9 Å². The molecule has 28 heavy (non-hydrogen) atoms. The number of carboxylic acids is 2. The number of rotatable bonds is 8. The number of hydrogen-bond donors (Lipinski definition) is 3. The minimum Gasteiger partial charge on any atom is -0.480 e. The normalized spacial score (nSPS) is 11.9. The predicted octanol–water partition coefficient (Wildman–Crippen LogP) is 3.67. The van der Waals surface area contributed by atoms with Gasteiger partial charge in [-0.3, -0.25) is 0 Å². The maximum Gasteiger partial charge on any atom is 0.339 e. The van der Waals surface area contributed by atoms with Crippen LogP contribution in [0.4, 0.5) is 5.82 Å². The van der Waals surface area contributed by atoms with Crippen LogP contribution < -0.4 is 5.32 Å². The molecule has 0 amide bonds. The Morgan fingerprint density at radius 1 is 1.11 bits per heavy atom. The van der Waals surface area contributed by atoms with E-state index in [-0.39, 0.29) is 24.6 Å². The largest absolute Gasteiger partial charge is 0.480 e. The molecule has 0 aliphatic carbocycles. The van der Waals surface area contributed by atoms with Crippen LogP contribution in [0.2, 0.25) is 5.02 Å². The Balaban J connectivity index is 1.80. The third-order valence-corrected chi connectivity index (χ3v) is 4.25. The van der Waals surface area contributed by atoms with E-state index < -0.39 is 18.0 Å². The molecule has 0 saturated carbocycles. The van der Waals surface area contributed by atoms with Gasteiger partial charge in [-0.25, -0.2) is 14.6 Å². The number of fused-ring (bicyclic) bond motifs is 1. The highest BCUT2D eigenvalue weighted by Crippen LogP contribution is 2.24. The SMILES string of the molecule is O=C(O)c1cc2cc(Cl)ccc2nc1N[C@H](COCc1ccccc1)C(=O)O. The minimum atomic E-state index is -1.23. The Morgan fingerprint density at radius 3 is 2.54 bits per heavy atom. The van der Waals surface area contributed by atoms with Crippen molar-refractivity contribution in [2.45, 2.75) is 12.6 Å². The standard InChI is InChI=1S/C20H17ClN2O5/c21-14-6-7-16-13(8-14)9-15(19(24)25)18(22-16)23-17(20(26)27)11-28-10-12-4-2-1-3-5-12/h1-9,17H,10-11H2,(H,22,23)(H,24,25)(H,26,27)/t17-/m1/s1. The maximum atomic E-state index is 11.6. The van der Waals surface area contributed by atoms with E-state index in [9.17, 15) is 19.8 Å². The van der Waals surface area contributed by atoms with E-state index in [1.54, 1.807) is 18.2 Å². The molecule has 0 aliphatic heterocycles. The Hall–Kier alpha value is -3.16.